The van der Waals surface area contributed by atoms with Crippen molar-refractivity contribution in [1.82, 2.24) is 24.7 Å². The second-order valence-electron chi connectivity index (χ2n) is 5.54. The number of benzene rings is 1. The molecule has 0 fully saturated rings. The number of aromatic nitrogens is 5. The molecule has 7 nitrogen and oxygen atoms in total. The van der Waals surface area contributed by atoms with E-state index in [1.54, 1.807) is 12.3 Å². The molecule has 130 valence electrons. The summed E-state index contributed by atoms with van der Waals surface area (Å²) in [6, 6.07) is 11.5. The number of halogens is 1. The SMILES string of the molecule is Cn1c2ccccc2c2nnc(SCC(=O)Nc3ccc(Br)cn3)nc21. The van der Waals surface area contributed by atoms with Gasteiger partial charge in [-0.15, -0.1) is 10.2 Å². The first-order chi connectivity index (χ1) is 12.6. The number of fused-ring (bicyclic) bond motifs is 3. The summed E-state index contributed by atoms with van der Waals surface area (Å²) in [7, 11) is 1.94. The summed E-state index contributed by atoms with van der Waals surface area (Å²) in [6.45, 7) is 0. The number of nitrogens with one attached hydrogen (secondary N) is 1. The number of thioether (sulfide) groups is 1. The van der Waals surface area contributed by atoms with Gasteiger partial charge in [-0.1, -0.05) is 30.0 Å². The molecule has 0 spiro atoms. The van der Waals surface area contributed by atoms with E-state index in [1.165, 1.54) is 11.8 Å². The lowest BCUT2D eigenvalue weighted by atomic mass is 10.2. The molecule has 9 heteroatoms. The average Bonchev–Trinajstić information content (AvgIpc) is 2.94. The second-order valence-corrected chi connectivity index (χ2v) is 7.40. The number of para-hydroxylation sites is 1. The predicted octanol–water partition coefficient (Wildman–Crippen LogP) is 3.40. The Kier molecular flexibility index (Phi) is 4.56. The molecule has 0 aliphatic rings. The number of hydrogen-bond acceptors (Lipinski definition) is 6. The van der Waals surface area contributed by atoms with Crippen LogP contribution in [-0.2, 0) is 11.8 Å². The molecule has 3 aromatic heterocycles. The van der Waals surface area contributed by atoms with Crippen LogP contribution in [0, 0.1) is 0 Å². The number of aryl methyl sites for hydroxylation is 1. The molecule has 26 heavy (non-hydrogen) atoms. The van der Waals surface area contributed by atoms with Gasteiger partial charge in [0.05, 0.1) is 11.3 Å². The lowest BCUT2D eigenvalue weighted by molar-refractivity contribution is -0.113. The van der Waals surface area contributed by atoms with Gasteiger partial charge >= 0.3 is 0 Å². The number of pyridine rings is 1. The maximum absolute atomic E-state index is 12.1. The van der Waals surface area contributed by atoms with Gasteiger partial charge in [0, 0.05) is 23.1 Å². The molecule has 4 rings (SSSR count). The van der Waals surface area contributed by atoms with Crippen molar-refractivity contribution in [3.05, 3.63) is 47.1 Å². The lowest BCUT2D eigenvalue weighted by Gasteiger charge is -2.04. The highest BCUT2D eigenvalue weighted by Gasteiger charge is 2.13. The number of anilines is 1. The molecular weight excluding hydrogens is 416 g/mol. The normalized spacial score (nSPS) is 11.2. The largest absolute Gasteiger partial charge is 0.327 e. The van der Waals surface area contributed by atoms with Gasteiger partial charge in [-0.25, -0.2) is 9.97 Å². The molecule has 1 aromatic carbocycles. The van der Waals surface area contributed by atoms with Crippen LogP contribution in [0.1, 0.15) is 0 Å². The van der Waals surface area contributed by atoms with Crippen molar-refractivity contribution < 1.29 is 4.79 Å². The van der Waals surface area contributed by atoms with Crippen LogP contribution in [0.5, 0.6) is 0 Å². The Bertz CT molecular complexity index is 1110. The van der Waals surface area contributed by atoms with E-state index < -0.39 is 0 Å². The number of nitrogens with zero attached hydrogens (tertiary/aromatic N) is 5. The zero-order valence-electron chi connectivity index (χ0n) is 13.7. The monoisotopic (exact) mass is 428 g/mol. The van der Waals surface area contributed by atoms with Gasteiger partial charge in [-0.2, -0.15) is 0 Å². The first-order valence-electron chi connectivity index (χ1n) is 7.74. The van der Waals surface area contributed by atoms with Crippen LogP contribution in [-0.4, -0.2) is 36.4 Å². The molecular formula is C17H13BrN6OS. The van der Waals surface area contributed by atoms with E-state index in [1.807, 2.05) is 41.9 Å². The molecule has 0 aliphatic carbocycles. The maximum Gasteiger partial charge on any atom is 0.236 e. The zero-order chi connectivity index (χ0) is 18.1. The summed E-state index contributed by atoms with van der Waals surface area (Å²) in [4.78, 5) is 20.7. The minimum Gasteiger partial charge on any atom is -0.327 e. The van der Waals surface area contributed by atoms with E-state index in [2.05, 4.69) is 41.4 Å². The Morgan fingerprint density at radius 1 is 1.23 bits per heavy atom. The fourth-order valence-electron chi connectivity index (χ4n) is 2.61. The van der Waals surface area contributed by atoms with Gasteiger partial charge in [0.2, 0.25) is 11.1 Å². The van der Waals surface area contributed by atoms with Crippen LogP contribution < -0.4 is 5.32 Å². The quantitative estimate of drug-likeness (QED) is 0.501. The standard InChI is InChI=1S/C17H13BrN6OS/c1-24-12-5-3-2-4-11(12)15-16(24)21-17(23-22-15)26-9-14(25)20-13-7-6-10(18)8-19-13/h2-8H,9H2,1H3,(H,19,20,25). The molecule has 0 saturated heterocycles. The highest BCUT2D eigenvalue weighted by Crippen LogP contribution is 2.25. The average molecular weight is 429 g/mol. The Labute approximate surface area is 161 Å². The summed E-state index contributed by atoms with van der Waals surface area (Å²) in [5, 5.41) is 12.7. The number of hydrogen-bond donors (Lipinski definition) is 1. The van der Waals surface area contributed by atoms with Crippen molar-refractivity contribution in [2.75, 3.05) is 11.1 Å². The van der Waals surface area contributed by atoms with Gasteiger partial charge in [-0.3, -0.25) is 4.79 Å². The summed E-state index contributed by atoms with van der Waals surface area (Å²) in [5.74, 6) is 0.502. The predicted molar refractivity (Wildman–Crippen MR) is 105 cm³/mol. The van der Waals surface area contributed by atoms with Crippen LogP contribution in [0.4, 0.5) is 5.82 Å². The summed E-state index contributed by atoms with van der Waals surface area (Å²) in [5.41, 5.74) is 2.56. The van der Waals surface area contributed by atoms with Crippen molar-refractivity contribution in [3.63, 3.8) is 0 Å². The van der Waals surface area contributed by atoms with Gasteiger partial charge in [0.25, 0.3) is 0 Å². The Balaban J connectivity index is 1.50. The summed E-state index contributed by atoms with van der Waals surface area (Å²) >= 11 is 4.54. The third-order valence-electron chi connectivity index (χ3n) is 3.81. The summed E-state index contributed by atoms with van der Waals surface area (Å²) in [6.07, 6.45) is 1.63. The molecule has 1 amide bonds. The minimum absolute atomic E-state index is 0.175. The van der Waals surface area contributed by atoms with E-state index >= 15 is 0 Å². The van der Waals surface area contributed by atoms with Crippen LogP contribution in [0.15, 0.2) is 52.2 Å². The Hall–Kier alpha value is -2.52. The maximum atomic E-state index is 12.1. The van der Waals surface area contributed by atoms with Crippen LogP contribution in [0.3, 0.4) is 0 Å². The highest BCUT2D eigenvalue weighted by atomic mass is 79.9. The van der Waals surface area contributed by atoms with Crippen LogP contribution in [0.2, 0.25) is 0 Å². The number of carbonyl (C=O) groups excluding carboxylic acids is 1. The zero-order valence-corrected chi connectivity index (χ0v) is 16.1. The van der Waals surface area contributed by atoms with Gasteiger partial charge in [-0.05, 0) is 34.1 Å². The molecule has 1 N–H and O–H groups in total. The first kappa shape index (κ1) is 16.9. The molecule has 0 saturated carbocycles. The fraction of sp³-hybridized carbons (Fsp3) is 0.118. The number of rotatable bonds is 4. The molecule has 0 atom stereocenters. The molecule has 0 radical (unpaired) electrons. The molecule has 0 bridgehead atoms. The van der Waals surface area contributed by atoms with Crippen molar-refractivity contribution in [3.8, 4) is 0 Å². The molecule has 3 heterocycles. The van der Waals surface area contributed by atoms with Crippen molar-refractivity contribution in [2.24, 2.45) is 7.05 Å². The van der Waals surface area contributed by atoms with Crippen LogP contribution >= 0.6 is 27.7 Å². The van der Waals surface area contributed by atoms with E-state index in [4.69, 9.17) is 0 Å². The number of carbonyl (C=O) groups is 1. The first-order valence-corrected chi connectivity index (χ1v) is 9.52. The third kappa shape index (κ3) is 3.27. The second kappa shape index (κ2) is 7.00. The minimum atomic E-state index is -0.175. The Morgan fingerprint density at radius 2 is 2.08 bits per heavy atom. The van der Waals surface area contributed by atoms with Gasteiger partial charge < -0.3 is 9.88 Å². The molecule has 4 aromatic rings. The van der Waals surface area contributed by atoms with Crippen LogP contribution in [0.25, 0.3) is 22.1 Å². The Morgan fingerprint density at radius 3 is 2.88 bits per heavy atom. The molecule has 0 aliphatic heterocycles. The molecule has 0 unspecified atom stereocenters. The van der Waals surface area contributed by atoms with E-state index in [-0.39, 0.29) is 11.7 Å². The van der Waals surface area contributed by atoms with Gasteiger partial charge in [0.15, 0.2) is 5.65 Å². The number of amides is 1. The smallest absolute Gasteiger partial charge is 0.236 e. The highest BCUT2D eigenvalue weighted by molar-refractivity contribution is 9.10. The third-order valence-corrected chi connectivity index (χ3v) is 5.12. The van der Waals surface area contributed by atoms with Crippen molar-refractivity contribution in [2.45, 2.75) is 5.16 Å². The lowest BCUT2D eigenvalue weighted by Crippen LogP contribution is -2.15. The summed E-state index contributed by atoms with van der Waals surface area (Å²) < 4.78 is 2.84. The fourth-order valence-corrected chi connectivity index (χ4v) is 3.43. The topological polar surface area (TPSA) is 85.6 Å². The van der Waals surface area contributed by atoms with Crippen molar-refractivity contribution >= 4 is 61.5 Å². The van der Waals surface area contributed by atoms with E-state index in [0.29, 0.717) is 11.0 Å². The van der Waals surface area contributed by atoms with Crippen molar-refractivity contribution in [1.29, 1.82) is 0 Å². The van der Waals surface area contributed by atoms with E-state index in [0.717, 1.165) is 26.5 Å². The van der Waals surface area contributed by atoms with E-state index in [9.17, 15) is 4.79 Å². The van der Waals surface area contributed by atoms with Gasteiger partial charge in [0.1, 0.15) is 11.3 Å².